The van der Waals surface area contributed by atoms with E-state index in [4.69, 9.17) is 47.4 Å². The number of rotatable bonds is 32. The van der Waals surface area contributed by atoms with Gasteiger partial charge in [-0.05, 0) is 42.6 Å². The second-order valence-electron chi connectivity index (χ2n) is 12.3. The molecule has 1 aliphatic rings. The molecule has 4 rings (SSSR count). The first kappa shape index (κ1) is 43.0. The van der Waals surface area contributed by atoms with Gasteiger partial charge in [-0.2, -0.15) is 0 Å². The molecule has 0 saturated carbocycles. The van der Waals surface area contributed by atoms with Crippen LogP contribution in [0.1, 0.15) is 29.5 Å². The number of hydrogen-bond donors (Lipinski definition) is 1. The van der Waals surface area contributed by atoms with Crippen LogP contribution in [-0.2, 0) is 53.0 Å². The topological polar surface area (TPSA) is 104 Å². The second-order valence-corrected chi connectivity index (χ2v) is 12.3. The molecule has 1 heterocycles. The van der Waals surface area contributed by atoms with Crippen molar-refractivity contribution in [2.24, 2.45) is 0 Å². The van der Waals surface area contributed by atoms with Crippen LogP contribution in [0.15, 0.2) is 91.0 Å². The lowest BCUT2D eigenvalue weighted by molar-refractivity contribution is -0.0401. The predicted octanol–water partition coefficient (Wildman–Crippen LogP) is 4.90. The Labute approximate surface area is 316 Å². The van der Waals surface area contributed by atoms with Crippen molar-refractivity contribution in [3.63, 3.8) is 0 Å². The smallest absolute Gasteiger partial charge is 0.143 e. The molecule has 1 aliphatic heterocycles. The summed E-state index contributed by atoms with van der Waals surface area (Å²) in [5.74, 6) is 0. The van der Waals surface area contributed by atoms with Crippen molar-refractivity contribution in [3.05, 3.63) is 108 Å². The van der Waals surface area contributed by atoms with Gasteiger partial charge in [0.15, 0.2) is 0 Å². The first-order valence-electron chi connectivity index (χ1n) is 19.1. The fraction of sp³-hybridized carbons (Fsp3) is 0.571. The van der Waals surface area contributed by atoms with Crippen LogP contribution >= 0.6 is 0 Å². The molecule has 0 radical (unpaired) electrons. The normalized spacial score (nSPS) is 13.8. The van der Waals surface area contributed by atoms with Crippen molar-refractivity contribution in [2.45, 2.75) is 24.5 Å². The van der Waals surface area contributed by atoms with E-state index >= 15 is 0 Å². The molecule has 53 heavy (non-hydrogen) atoms. The SMILES string of the molecule is c1ccc(C(OCCOCCOCCOCCOCCOCCOCCOCCOCCOC2CCNCC2)(c2ccccc2)c2ccccc2)cc1. The van der Waals surface area contributed by atoms with Crippen molar-refractivity contribution in [3.8, 4) is 0 Å². The quantitative estimate of drug-likeness (QED) is 0.0699. The van der Waals surface area contributed by atoms with Crippen molar-refractivity contribution in [1.82, 2.24) is 5.32 Å². The van der Waals surface area contributed by atoms with E-state index in [2.05, 4.69) is 41.7 Å². The van der Waals surface area contributed by atoms with Gasteiger partial charge in [0.1, 0.15) is 5.60 Å². The van der Waals surface area contributed by atoms with Crippen LogP contribution < -0.4 is 5.32 Å². The molecule has 3 aromatic carbocycles. The Hall–Kier alpha value is -2.78. The summed E-state index contributed by atoms with van der Waals surface area (Å²) in [5.41, 5.74) is 2.46. The summed E-state index contributed by atoms with van der Waals surface area (Å²) in [6.07, 6.45) is 2.53. The van der Waals surface area contributed by atoms with E-state index in [9.17, 15) is 0 Å². The van der Waals surface area contributed by atoms with E-state index in [1.54, 1.807) is 0 Å². The van der Waals surface area contributed by atoms with Gasteiger partial charge >= 0.3 is 0 Å². The van der Waals surface area contributed by atoms with Crippen LogP contribution in [0.25, 0.3) is 0 Å². The minimum absolute atomic E-state index is 0.369. The molecule has 1 N–H and O–H groups in total. The van der Waals surface area contributed by atoms with Crippen LogP contribution in [0.5, 0.6) is 0 Å². The van der Waals surface area contributed by atoms with Gasteiger partial charge in [0.25, 0.3) is 0 Å². The van der Waals surface area contributed by atoms with Crippen molar-refractivity contribution in [2.75, 3.05) is 132 Å². The molecule has 11 nitrogen and oxygen atoms in total. The maximum Gasteiger partial charge on any atom is 0.143 e. The summed E-state index contributed by atoms with van der Waals surface area (Å²) in [7, 11) is 0. The molecule has 11 heteroatoms. The van der Waals surface area contributed by atoms with Crippen molar-refractivity contribution < 1.29 is 47.4 Å². The van der Waals surface area contributed by atoms with E-state index in [1.807, 2.05) is 54.6 Å². The Morgan fingerprint density at radius 1 is 0.377 bits per heavy atom. The summed E-state index contributed by atoms with van der Waals surface area (Å²) in [5, 5.41) is 3.33. The van der Waals surface area contributed by atoms with Gasteiger partial charge in [0, 0.05) is 0 Å². The molecule has 0 aliphatic carbocycles. The minimum atomic E-state index is -0.748. The standard InChI is InChI=1S/C42H61NO10/c1-4-10-38(11-5-1)42(39-12-6-2-7-13-39,40-14-8-3-9-15-40)53-37-35-51-33-31-49-29-27-47-25-23-45-21-20-44-22-24-46-26-28-48-30-32-50-34-36-52-41-16-18-43-19-17-41/h1-15,41,43H,16-37H2. The Morgan fingerprint density at radius 2 is 0.660 bits per heavy atom. The highest BCUT2D eigenvalue weighted by Gasteiger charge is 2.37. The number of nitrogens with one attached hydrogen (secondary N) is 1. The Morgan fingerprint density at radius 3 is 0.981 bits per heavy atom. The van der Waals surface area contributed by atoms with Crippen LogP contribution in [0.3, 0.4) is 0 Å². The fourth-order valence-corrected chi connectivity index (χ4v) is 5.90. The number of benzene rings is 3. The number of piperidine rings is 1. The monoisotopic (exact) mass is 739 g/mol. The highest BCUT2D eigenvalue weighted by Crippen LogP contribution is 2.40. The zero-order chi connectivity index (χ0) is 36.8. The zero-order valence-corrected chi connectivity index (χ0v) is 31.4. The lowest BCUT2D eigenvalue weighted by Crippen LogP contribution is -2.34. The molecular formula is C42H61NO10. The minimum Gasteiger partial charge on any atom is -0.377 e. The van der Waals surface area contributed by atoms with Gasteiger partial charge < -0.3 is 52.7 Å². The summed E-state index contributed by atoms with van der Waals surface area (Å²) in [4.78, 5) is 0. The van der Waals surface area contributed by atoms with Crippen molar-refractivity contribution in [1.29, 1.82) is 0 Å². The lowest BCUT2D eigenvalue weighted by Gasteiger charge is -2.36. The van der Waals surface area contributed by atoms with Gasteiger partial charge in [-0.1, -0.05) is 91.0 Å². The predicted molar refractivity (Wildman–Crippen MR) is 204 cm³/mol. The van der Waals surface area contributed by atoms with Crippen LogP contribution in [0.4, 0.5) is 0 Å². The average molecular weight is 740 g/mol. The summed E-state index contributed by atoms with van der Waals surface area (Å²) in [6.45, 7) is 11.4. The Bertz CT molecular complexity index is 1150. The molecule has 0 atom stereocenters. The van der Waals surface area contributed by atoms with Gasteiger partial charge in [0.05, 0.1) is 125 Å². The average Bonchev–Trinajstić information content (AvgIpc) is 3.22. The van der Waals surface area contributed by atoms with E-state index < -0.39 is 5.60 Å². The molecular weight excluding hydrogens is 678 g/mol. The van der Waals surface area contributed by atoms with Crippen molar-refractivity contribution >= 4 is 0 Å². The molecule has 0 unspecified atom stereocenters. The van der Waals surface area contributed by atoms with Gasteiger partial charge in [-0.15, -0.1) is 0 Å². The molecule has 0 aromatic heterocycles. The molecule has 1 saturated heterocycles. The summed E-state index contributed by atoms with van der Waals surface area (Å²) in [6, 6.07) is 31.0. The van der Waals surface area contributed by atoms with E-state index in [-0.39, 0.29) is 0 Å². The molecule has 1 fully saturated rings. The highest BCUT2D eigenvalue weighted by molar-refractivity contribution is 5.47. The number of ether oxygens (including phenoxy) is 10. The third kappa shape index (κ3) is 17.5. The van der Waals surface area contributed by atoms with E-state index in [0.29, 0.717) is 125 Å². The van der Waals surface area contributed by atoms with Crippen LogP contribution in [-0.4, -0.2) is 138 Å². The summed E-state index contributed by atoms with van der Waals surface area (Å²) >= 11 is 0. The maximum absolute atomic E-state index is 6.73. The molecule has 3 aromatic rings. The molecule has 0 spiro atoms. The third-order valence-electron chi connectivity index (χ3n) is 8.56. The van der Waals surface area contributed by atoms with E-state index in [1.165, 1.54) is 0 Å². The largest absolute Gasteiger partial charge is 0.377 e. The maximum atomic E-state index is 6.73. The zero-order valence-electron chi connectivity index (χ0n) is 31.4. The van der Waals surface area contributed by atoms with Gasteiger partial charge in [-0.3, -0.25) is 0 Å². The van der Waals surface area contributed by atoms with Gasteiger partial charge in [0.2, 0.25) is 0 Å². The number of hydrogen-bond acceptors (Lipinski definition) is 11. The third-order valence-corrected chi connectivity index (χ3v) is 8.56. The fourth-order valence-electron chi connectivity index (χ4n) is 5.90. The van der Waals surface area contributed by atoms with Gasteiger partial charge in [-0.25, -0.2) is 0 Å². The molecule has 0 bridgehead atoms. The second kappa shape index (κ2) is 28.6. The highest BCUT2D eigenvalue weighted by atomic mass is 16.6. The lowest BCUT2D eigenvalue weighted by atomic mass is 9.80. The molecule has 294 valence electrons. The Kier molecular flexibility index (Phi) is 23.2. The van der Waals surface area contributed by atoms with Crippen LogP contribution in [0, 0.1) is 0 Å². The molecule has 0 amide bonds. The Balaban J connectivity index is 0.895. The van der Waals surface area contributed by atoms with E-state index in [0.717, 1.165) is 42.6 Å². The first-order chi connectivity index (χ1) is 26.4. The summed E-state index contributed by atoms with van der Waals surface area (Å²) < 4.78 is 57.3. The van der Waals surface area contributed by atoms with Crippen LogP contribution in [0.2, 0.25) is 0 Å². The first-order valence-corrected chi connectivity index (χ1v) is 19.1.